The SMILES string of the molecule is Cc1ccc(F)c(Nc2nccc(C#N)c2Cl)c1F. The summed E-state index contributed by atoms with van der Waals surface area (Å²) in [4.78, 5) is 3.87. The number of nitriles is 1. The summed E-state index contributed by atoms with van der Waals surface area (Å²) in [6.07, 6.45) is 1.33. The molecule has 0 amide bonds. The summed E-state index contributed by atoms with van der Waals surface area (Å²) in [6.45, 7) is 1.51. The van der Waals surface area contributed by atoms with Gasteiger partial charge in [0, 0.05) is 6.20 Å². The van der Waals surface area contributed by atoms with E-state index in [0.717, 1.165) is 6.07 Å². The lowest BCUT2D eigenvalue weighted by Gasteiger charge is -2.11. The average Bonchev–Trinajstić information content (AvgIpc) is 2.41. The molecule has 6 heteroatoms. The largest absolute Gasteiger partial charge is 0.334 e. The number of hydrogen-bond acceptors (Lipinski definition) is 3. The fourth-order valence-corrected chi connectivity index (χ4v) is 1.71. The molecule has 19 heavy (non-hydrogen) atoms. The molecule has 0 atom stereocenters. The van der Waals surface area contributed by atoms with Crippen LogP contribution in [0.3, 0.4) is 0 Å². The lowest BCUT2D eigenvalue weighted by Crippen LogP contribution is -2.02. The number of nitrogens with one attached hydrogen (secondary N) is 1. The molecule has 96 valence electrons. The van der Waals surface area contributed by atoms with Crippen molar-refractivity contribution < 1.29 is 8.78 Å². The molecular weight excluding hydrogens is 272 g/mol. The predicted octanol–water partition coefficient (Wildman–Crippen LogP) is 3.94. The summed E-state index contributed by atoms with van der Waals surface area (Å²) in [5, 5.41) is 11.3. The maximum Gasteiger partial charge on any atom is 0.152 e. The van der Waals surface area contributed by atoms with Crippen LogP contribution in [-0.2, 0) is 0 Å². The van der Waals surface area contributed by atoms with Crippen molar-refractivity contribution in [1.29, 1.82) is 5.26 Å². The van der Waals surface area contributed by atoms with Crippen LogP contribution in [0.15, 0.2) is 24.4 Å². The minimum absolute atomic E-state index is 0.0188. The van der Waals surface area contributed by atoms with E-state index in [1.165, 1.54) is 25.3 Å². The molecule has 1 heterocycles. The van der Waals surface area contributed by atoms with Gasteiger partial charge in [-0.05, 0) is 24.6 Å². The zero-order chi connectivity index (χ0) is 14.0. The lowest BCUT2D eigenvalue weighted by molar-refractivity contribution is 0.584. The van der Waals surface area contributed by atoms with Crippen LogP contribution >= 0.6 is 11.6 Å². The van der Waals surface area contributed by atoms with Gasteiger partial charge >= 0.3 is 0 Å². The molecule has 0 aliphatic heterocycles. The van der Waals surface area contributed by atoms with Gasteiger partial charge in [-0.3, -0.25) is 0 Å². The van der Waals surface area contributed by atoms with Gasteiger partial charge in [0.15, 0.2) is 11.6 Å². The zero-order valence-electron chi connectivity index (χ0n) is 9.84. The van der Waals surface area contributed by atoms with Gasteiger partial charge in [0.2, 0.25) is 0 Å². The van der Waals surface area contributed by atoms with Gasteiger partial charge in [0.1, 0.15) is 22.6 Å². The molecule has 0 unspecified atom stereocenters. The van der Waals surface area contributed by atoms with E-state index in [-0.39, 0.29) is 27.7 Å². The van der Waals surface area contributed by atoms with E-state index in [4.69, 9.17) is 16.9 Å². The minimum Gasteiger partial charge on any atom is -0.334 e. The first-order valence-electron chi connectivity index (χ1n) is 5.31. The Morgan fingerprint density at radius 3 is 2.74 bits per heavy atom. The van der Waals surface area contributed by atoms with Crippen LogP contribution in [-0.4, -0.2) is 4.98 Å². The van der Waals surface area contributed by atoms with Gasteiger partial charge < -0.3 is 5.32 Å². The topological polar surface area (TPSA) is 48.7 Å². The number of aryl methyl sites for hydroxylation is 1. The van der Waals surface area contributed by atoms with E-state index in [1.807, 2.05) is 6.07 Å². The zero-order valence-corrected chi connectivity index (χ0v) is 10.6. The van der Waals surface area contributed by atoms with Gasteiger partial charge in [-0.15, -0.1) is 0 Å². The second-order valence-corrected chi connectivity index (χ2v) is 4.19. The molecule has 0 radical (unpaired) electrons. The first-order chi connectivity index (χ1) is 9.04. The Morgan fingerprint density at radius 2 is 2.05 bits per heavy atom. The number of anilines is 2. The first kappa shape index (κ1) is 13.2. The van der Waals surface area contributed by atoms with Crippen molar-refractivity contribution in [2.24, 2.45) is 0 Å². The highest BCUT2D eigenvalue weighted by molar-refractivity contribution is 6.34. The summed E-state index contributed by atoms with van der Waals surface area (Å²) in [6, 6.07) is 5.75. The van der Waals surface area contributed by atoms with Crippen LogP contribution in [0.5, 0.6) is 0 Å². The van der Waals surface area contributed by atoms with Crippen molar-refractivity contribution in [3.05, 3.63) is 52.2 Å². The van der Waals surface area contributed by atoms with Crippen LogP contribution in [0.4, 0.5) is 20.3 Å². The van der Waals surface area contributed by atoms with Crippen LogP contribution in [0.2, 0.25) is 5.02 Å². The van der Waals surface area contributed by atoms with Crippen molar-refractivity contribution in [3.8, 4) is 6.07 Å². The Labute approximate surface area is 113 Å². The third kappa shape index (κ3) is 2.49. The maximum absolute atomic E-state index is 13.8. The number of halogens is 3. The third-order valence-corrected chi connectivity index (χ3v) is 2.92. The highest BCUT2D eigenvalue weighted by Crippen LogP contribution is 2.29. The van der Waals surface area contributed by atoms with Gasteiger partial charge in [0.05, 0.1) is 5.56 Å². The third-order valence-electron chi connectivity index (χ3n) is 2.54. The monoisotopic (exact) mass is 279 g/mol. The molecule has 1 aromatic carbocycles. The summed E-state index contributed by atoms with van der Waals surface area (Å²) in [5.74, 6) is -1.45. The van der Waals surface area contributed by atoms with Crippen LogP contribution in [0, 0.1) is 29.9 Å². The van der Waals surface area contributed by atoms with E-state index in [0.29, 0.717) is 0 Å². The van der Waals surface area contributed by atoms with E-state index < -0.39 is 11.6 Å². The van der Waals surface area contributed by atoms with Crippen LogP contribution in [0.1, 0.15) is 11.1 Å². The summed E-state index contributed by atoms with van der Waals surface area (Å²) >= 11 is 5.91. The van der Waals surface area contributed by atoms with Crippen molar-refractivity contribution in [1.82, 2.24) is 4.98 Å². The Balaban J connectivity index is 2.49. The summed E-state index contributed by atoms with van der Waals surface area (Å²) in [5.41, 5.74) is 0.119. The molecular formula is C13H8ClF2N3. The molecule has 0 saturated heterocycles. The van der Waals surface area contributed by atoms with Gasteiger partial charge in [-0.1, -0.05) is 17.7 Å². The molecule has 0 bridgehead atoms. The summed E-state index contributed by atoms with van der Waals surface area (Å²) in [7, 11) is 0. The van der Waals surface area contributed by atoms with Gasteiger partial charge in [-0.2, -0.15) is 5.26 Å². The Morgan fingerprint density at radius 1 is 1.32 bits per heavy atom. The van der Waals surface area contributed by atoms with Crippen molar-refractivity contribution in [2.45, 2.75) is 6.92 Å². The molecule has 0 spiro atoms. The van der Waals surface area contributed by atoms with E-state index in [1.54, 1.807) is 0 Å². The average molecular weight is 280 g/mol. The lowest BCUT2D eigenvalue weighted by atomic mass is 10.2. The normalized spacial score (nSPS) is 10.1. The fraction of sp³-hybridized carbons (Fsp3) is 0.0769. The Bertz CT molecular complexity index is 680. The Hall–Kier alpha value is -2.19. The highest BCUT2D eigenvalue weighted by Gasteiger charge is 2.15. The van der Waals surface area contributed by atoms with Gasteiger partial charge in [-0.25, -0.2) is 13.8 Å². The van der Waals surface area contributed by atoms with Gasteiger partial charge in [0.25, 0.3) is 0 Å². The summed E-state index contributed by atoms with van der Waals surface area (Å²) < 4.78 is 27.4. The Kier molecular flexibility index (Phi) is 3.63. The van der Waals surface area contributed by atoms with E-state index >= 15 is 0 Å². The number of aromatic nitrogens is 1. The number of pyridine rings is 1. The number of rotatable bonds is 2. The molecule has 0 fully saturated rings. The minimum atomic E-state index is -0.761. The molecule has 2 aromatic rings. The molecule has 1 N–H and O–H groups in total. The molecule has 2 rings (SSSR count). The number of hydrogen-bond donors (Lipinski definition) is 1. The van der Waals surface area contributed by atoms with E-state index in [2.05, 4.69) is 10.3 Å². The quantitative estimate of drug-likeness (QED) is 0.906. The van der Waals surface area contributed by atoms with Crippen molar-refractivity contribution in [2.75, 3.05) is 5.32 Å². The van der Waals surface area contributed by atoms with Crippen LogP contribution in [0.25, 0.3) is 0 Å². The molecule has 0 saturated carbocycles. The standard InChI is InChI=1S/C13H8ClF2N3/c1-7-2-3-9(15)12(11(7)16)19-13-10(14)8(6-17)4-5-18-13/h2-5H,1H3,(H,18,19). The number of benzene rings is 1. The van der Waals surface area contributed by atoms with E-state index in [9.17, 15) is 8.78 Å². The highest BCUT2D eigenvalue weighted by atomic mass is 35.5. The smallest absolute Gasteiger partial charge is 0.152 e. The molecule has 0 aliphatic carbocycles. The first-order valence-corrected chi connectivity index (χ1v) is 5.68. The molecule has 0 aliphatic rings. The van der Waals surface area contributed by atoms with Crippen molar-refractivity contribution in [3.63, 3.8) is 0 Å². The molecule has 3 nitrogen and oxygen atoms in total. The molecule has 1 aromatic heterocycles. The van der Waals surface area contributed by atoms with Crippen LogP contribution < -0.4 is 5.32 Å². The second kappa shape index (κ2) is 5.21. The number of nitrogens with zero attached hydrogens (tertiary/aromatic N) is 2. The fourth-order valence-electron chi connectivity index (χ4n) is 1.51. The predicted molar refractivity (Wildman–Crippen MR) is 68.3 cm³/mol. The second-order valence-electron chi connectivity index (χ2n) is 3.81. The maximum atomic E-state index is 13.8. The van der Waals surface area contributed by atoms with Crippen molar-refractivity contribution >= 4 is 23.1 Å².